The van der Waals surface area contributed by atoms with E-state index in [4.69, 9.17) is 4.74 Å². The highest BCUT2D eigenvalue weighted by atomic mass is 16.5. The Kier molecular flexibility index (Phi) is 5.32. The first-order valence-corrected chi connectivity index (χ1v) is 6.01. The Morgan fingerprint density at radius 2 is 2.25 bits per heavy atom. The van der Waals surface area contributed by atoms with Gasteiger partial charge in [-0.1, -0.05) is 13.8 Å². The molecule has 0 saturated carbocycles. The van der Waals surface area contributed by atoms with Gasteiger partial charge in [0.2, 0.25) is 0 Å². The minimum absolute atomic E-state index is 0.554. The van der Waals surface area contributed by atoms with Gasteiger partial charge < -0.3 is 10.1 Å². The van der Waals surface area contributed by atoms with Crippen LogP contribution >= 0.6 is 0 Å². The van der Waals surface area contributed by atoms with Gasteiger partial charge in [0, 0.05) is 12.6 Å². The van der Waals surface area contributed by atoms with Crippen LogP contribution in [0.5, 0.6) is 5.75 Å². The summed E-state index contributed by atoms with van der Waals surface area (Å²) in [6.07, 6.45) is 3.92. The molecule has 0 aromatic carbocycles. The average Bonchev–Trinajstić information content (AvgIpc) is 2.66. The van der Waals surface area contributed by atoms with E-state index in [1.807, 2.05) is 4.68 Å². The van der Waals surface area contributed by atoms with Crippen molar-refractivity contribution in [1.29, 1.82) is 0 Å². The third-order valence-electron chi connectivity index (χ3n) is 2.57. The van der Waals surface area contributed by atoms with Crippen molar-refractivity contribution in [2.45, 2.75) is 46.2 Å². The third kappa shape index (κ3) is 3.52. The molecule has 16 heavy (non-hydrogen) atoms. The molecule has 0 atom stereocenters. The Morgan fingerprint density at radius 3 is 2.81 bits per heavy atom. The first kappa shape index (κ1) is 13.0. The Hall–Kier alpha value is -1.03. The van der Waals surface area contributed by atoms with E-state index in [9.17, 15) is 0 Å². The second-order valence-corrected chi connectivity index (χ2v) is 4.19. The van der Waals surface area contributed by atoms with Gasteiger partial charge in [-0.15, -0.1) is 0 Å². The summed E-state index contributed by atoms with van der Waals surface area (Å²) in [6, 6.07) is 0.554. The molecule has 0 aliphatic heterocycles. The largest absolute Gasteiger partial charge is 0.493 e. The molecule has 0 fully saturated rings. The molecule has 0 spiro atoms. The molecule has 1 aromatic rings. The molecule has 1 aromatic heterocycles. The predicted molar refractivity (Wildman–Crippen MR) is 65.9 cm³/mol. The summed E-state index contributed by atoms with van der Waals surface area (Å²) in [5.74, 6) is 0.909. The van der Waals surface area contributed by atoms with Crippen LogP contribution in [-0.2, 0) is 13.0 Å². The number of ether oxygens (including phenoxy) is 1. The minimum atomic E-state index is 0.554. The zero-order valence-electron chi connectivity index (χ0n) is 10.8. The van der Waals surface area contributed by atoms with Crippen molar-refractivity contribution in [1.82, 2.24) is 15.1 Å². The van der Waals surface area contributed by atoms with Crippen molar-refractivity contribution in [3.8, 4) is 5.75 Å². The fourth-order valence-corrected chi connectivity index (χ4v) is 1.74. The zero-order valence-corrected chi connectivity index (χ0v) is 10.8. The van der Waals surface area contributed by atoms with Gasteiger partial charge in [0.1, 0.15) is 0 Å². The number of hydrogen-bond donors (Lipinski definition) is 1. The standard InChI is InChI=1S/C12H23N3O/c1-5-15-11(12(16-4)9-14-15)7-6-8-13-10(2)3/h9-10,13H,5-8H2,1-4H3. The maximum atomic E-state index is 5.30. The van der Waals surface area contributed by atoms with E-state index >= 15 is 0 Å². The predicted octanol–water partition coefficient (Wildman–Crippen LogP) is 1.84. The first-order chi connectivity index (χ1) is 7.69. The molecule has 92 valence electrons. The number of nitrogens with one attached hydrogen (secondary N) is 1. The van der Waals surface area contributed by atoms with Gasteiger partial charge in [0.25, 0.3) is 0 Å². The third-order valence-corrected chi connectivity index (χ3v) is 2.57. The van der Waals surface area contributed by atoms with Crippen LogP contribution in [0.25, 0.3) is 0 Å². The normalized spacial score (nSPS) is 11.1. The van der Waals surface area contributed by atoms with Crippen LogP contribution in [0.2, 0.25) is 0 Å². The van der Waals surface area contributed by atoms with Crippen molar-refractivity contribution in [2.75, 3.05) is 13.7 Å². The molecular weight excluding hydrogens is 202 g/mol. The van der Waals surface area contributed by atoms with E-state index in [-0.39, 0.29) is 0 Å². The number of aromatic nitrogens is 2. The van der Waals surface area contributed by atoms with Crippen LogP contribution in [0.3, 0.4) is 0 Å². The van der Waals surface area contributed by atoms with Crippen molar-refractivity contribution >= 4 is 0 Å². The smallest absolute Gasteiger partial charge is 0.159 e. The Bertz CT molecular complexity index is 286. The van der Waals surface area contributed by atoms with Crippen LogP contribution in [0.15, 0.2) is 6.20 Å². The van der Waals surface area contributed by atoms with Crippen molar-refractivity contribution in [3.63, 3.8) is 0 Å². The van der Waals surface area contributed by atoms with E-state index in [2.05, 4.69) is 31.2 Å². The number of nitrogens with zero attached hydrogens (tertiary/aromatic N) is 2. The van der Waals surface area contributed by atoms with Crippen molar-refractivity contribution in [3.05, 3.63) is 11.9 Å². The molecule has 1 N–H and O–H groups in total. The fraction of sp³-hybridized carbons (Fsp3) is 0.750. The molecular formula is C12H23N3O. The molecule has 4 heteroatoms. The lowest BCUT2D eigenvalue weighted by Gasteiger charge is -2.09. The molecule has 1 heterocycles. The highest BCUT2D eigenvalue weighted by molar-refractivity contribution is 5.25. The number of hydrogen-bond acceptors (Lipinski definition) is 3. The Balaban J connectivity index is 2.48. The summed E-state index contributed by atoms with van der Waals surface area (Å²) in [5, 5.41) is 7.70. The van der Waals surface area contributed by atoms with Gasteiger partial charge in [0.05, 0.1) is 19.0 Å². The second kappa shape index (κ2) is 6.53. The van der Waals surface area contributed by atoms with Crippen LogP contribution < -0.4 is 10.1 Å². The molecule has 0 aliphatic rings. The van der Waals surface area contributed by atoms with Crippen molar-refractivity contribution in [2.24, 2.45) is 0 Å². The van der Waals surface area contributed by atoms with E-state index in [0.29, 0.717) is 6.04 Å². The lowest BCUT2D eigenvalue weighted by molar-refractivity contribution is 0.406. The summed E-state index contributed by atoms with van der Waals surface area (Å²) in [6.45, 7) is 8.36. The van der Waals surface area contributed by atoms with Gasteiger partial charge in [-0.3, -0.25) is 4.68 Å². The van der Waals surface area contributed by atoms with Crippen molar-refractivity contribution < 1.29 is 4.74 Å². The fourth-order valence-electron chi connectivity index (χ4n) is 1.74. The lowest BCUT2D eigenvalue weighted by atomic mass is 10.2. The molecule has 0 amide bonds. The quantitative estimate of drug-likeness (QED) is 0.720. The van der Waals surface area contributed by atoms with Gasteiger partial charge >= 0.3 is 0 Å². The lowest BCUT2D eigenvalue weighted by Crippen LogP contribution is -2.24. The minimum Gasteiger partial charge on any atom is -0.493 e. The molecule has 4 nitrogen and oxygen atoms in total. The van der Waals surface area contributed by atoms with Crippen LogP contribution in [0, 0.1) is 0 Å². The maximum Gasteiger partial charge on any atom is 0.159 e. The SMILES string of the molecule is CCn1ncc(OC)c1CCCNC(C)C. The van der Waals surface area contributed by atoms with E-state index < -0.39 is 0 Å². The first-order valence-electron chi connectivity index (χ1n) is 6.01. The Morgan fingerprint density at radius 1 is 1.50 bits per heavy atom. The second-order valence-electron chi connectivity index (χ2n) is 4.19. The van der Waals surface area contributed by atoms with Gasteiger partial charge in [-0.05, 0) is 26.3 Å². The van der Waals surface area contributed by atoms with Crippen LogP contribution in [0.1, 0.15) is 32.9 Å². The summed E-state index contributed by atoms with van der Waals surface area (Å²) in [5.41, 5.74) is 1.20. The van der Waals surface area contributed by atoms with Crippen LogP contribution in [0.4, 0.5) is 0 Å². The number of rotatable bonds is 7. The van der Waals surface area contributed by atoms with Crippen LogP contribution in [-0.4, -0.2) is 29.5 Å². The maximum absolute atomic E-state index is 5.30. The Labute approximate surface area is 98.0 Å². The highest BCUT2D eigenvalue weighted by Crippen LogP contribution is 2.18. The molecule has 1 rings (SSSR count). The molecule has 0 radical (unpaired) electrons. The zero-order chi connectivity index (χ0) is 12.0. The summed E-state index contributed by atoms with van der Waals surface area (Å²) >= 11 is 0. The van der Waals surface area contributed by atoms with E-state index in [0.717, 1.165) is 31.7 Å². The number of methoxy groups -OCH3 is 1. The van der Waals surface area contributed by atoms with Gasteiger partial charge in [-0.25, -0.2) is 0 Å². The van der Waals surface area contributed by atoms with Gasteiger partial charge in [-0.2, -0.15) is 5.10 Å². The highest BCUT2D eigenvalue weighted by Gasteiger charge is 2.09. The molecule has 0 aliphatic carbocycles. The molecule has 0 unspecified atom stereocenters. The summed E-state index contributed by atoms with van der Waals surface area (Å²) in [4.78, 5) is 0. The van der Waals surface area contributed by atoms with Gasteiger partial charge in [0.15, 0.2) is 5.75 Å². The summed E-state index contributed by atoms with van der Waals surface area (Å²) < 4.78 is 7.31. The average molecular weight is 225 g/mol. The molecule has 0 saturated heterocycles. The monoisotopic (exact) mass is 225 g/mol. The van der Waals surface area contributed by atoms with E-state index in [1.54, 1.807) is 13.3 Å². The number of aryl methyl sites for hydroxylation is 1. The molecule has 0 bridgehead atoms. The summed E-state index contributed by atoms with van der Waals surface area (Å²) in [7, 11) is 1.70. The topological polar surface area (TPSA) is 39.1 Å². The van der Waals surface area contributed by atoms with E-state index in [1.165, 1.54) is 5.69 Å².